The molecule has 5 heteroatoms. The van der Waals surface area contributed by atoms with Crippen molar-refractivity contribution in [3.63, 3.8) is 0 Å². The Bertz CT molecular complexity index is 937. The number of hydrogen-bond donors (Lipinski definition) is 1. The van der Waals surface area contributed by atoms with Crippen molar-refractivity contribution >= 4 is 16.7 Å². The summed E-state index contributed by atoms with van der Waals surface area (Å²) in [6.45, 7) is 2.76. The summed E-state index contributed by atoms with van der Waals surface area (Å²) < 4.78 is 16.0. The summed E-state index contributed by atoms with van der Waals surface area (Å²) in [6, 6.07) is 19.3. The summed E-state index contributed by atoms with van der Waals surface area (Å²) >= 11 is 0. The third-order valence-electron chi connectivity index (χ3n) is 4.69. The lowest BCUT2D eigenvalue weighted by molar-refractivity contribution is -0.122. The Balaban J connectivity index is 1.52. The molecule has 0 aliphatic rings. The monoisotopic (exact) mass is 379 g/mol. The number of carbonyl (C=O) groups is 1. The molecule has 0 heterocycles. The predicted octanol–water partition coefficient (Wildman–Crippen LogP) is 4.16. The molecular formula is C23H25NO4. The molecule has 0 bridgehead atoms. The van der Waals surface area contributed by atoms with E-state index < -0.39 is 0 Å². The minimum absolute atomic E-state index is 0.0220. The molecule has 0 radical (unpaired) electrons. The molecule has 0 saturated carbocycles. The molecule has 1 atom stereocenters. The molecule has 1 N–H and O–H groups in total. The number of ether oxygens (including phenoxy) is 3. The number of methoxy groups -OCH3 is 2. The van der Waals surface area contributed by atoms with Crippen LogP contribution in [-0.4, -0.2) is 33.3 Å². The number of hydrogen-bond acceptors (Lipinski definition) is 4. The second kappa shape index (κ2) is 9.13. The summed E-state index contributed by atoms with van der Waals surface area (Å²) in [5.74, 6) is 2.08. The van der Waals surface area contributed by atoms with Gasteiger partial charge in [-0.3, -0.25) is 4.79 Å². The molecule has 5 nitrogen and oxygen atoms in total. The van der Waals surface area contributed by atoms with E-state index in [9.17, 15) is 4.79 Å². The fraction of sp³-hybridized carbons (Fsp3) is 0.261. The van der Waals surface area contributed by atoms with Crippen LogP contribution in [0.15, 0.2) is 60.7 Å². The Hall–Kier alpha value is -3.21. The van der Waals surface area contributed by atoms with Gasteiger partial charge in [0.25, 0.3) is 0 Å². The van der Waals surface area contributed by atoms with Gasteiger partial charge in [-0.25, -0.2) is 0 Å². The van der Waals surface area contributed by atoms with E-state index >= 15 is 0 Å². The maximum Gasteiger partial charge on any atom is 0.227 e. The third kappa shape index (κ3) is 4.74. The van der Waals surface area contributed by atoms with Gasteiger partial charge in [0.2, 0.25) is 5.91 Å². The first-order chi connectivity index (χ1) is 13.6. The maximum absolute atomic E-state index is 12.5. The molecule has 146 valence electrons. The highest BCUT2D eigenvalue weighted by Gasteiger charge is 2.15. The molecule has 28 heavy (non-hydrogen) atoms. The molecule has 1 amide bonds. The van der Waals surface area contributed by atoms with Crippen LogP contribution < -0.4 is 19.5 Å². The zero-order chi connectivity index (χ0) is 19.9. The summed E-state index contributed by atoms with van der Waals surface area (Å²) in [4.78, 5) is 12.5. The Kier molecular flexibility index (Phi) is 6.37. The lowest BCUT2D eigenvalue weighted by Crippen LogP contribution is -2.31. The summed E-state index contributed by atoms with van der Waals surface area (Å²) in [7, 11) is 3.28. The molecule has 0 aromatic heterocycles. The van der Waals surface area contributed by atoms with Gasteiger partial charge in [-0.05, 0) is 59.7 Å². The molecule has 0 aliphatic carbocycles. The van der Waals surface area contributed by atoms with Crippen molar-refractivity contribution in [3.05, 3.63) is 66.2 Å². The van der Waals surface area contributed by atoms with Crippen LogP contribution in [0, 0.1) is 0 Å². The van der Waals surface area contributed by atoms with Gasteiger partial charge in [0.05, 0.1) is 26.7 Å². The molecule has 3 rings (SSSR count). The molecule has 0 aliphatic heterocycles. The van der Waals surface area contributed by atoms with Gasteiger partial charge in [0.1, 0.15) is 23.9 Å². The van der Waals surface area contributed by atoms with E-state index in [-0.39, 0.29) is 11.8 Å². The van der Waals surface area contributed by atoms with Crippen LogP contribution >= 0.6 is 0 Å². The van der Waals surface area contributed by atoms with E-state index in [1.807, 2.05) is 67.6 Å². The Morgan fingerprint density at radius 1 is 0.857 bits per heavy atom. The maximum atomic E-state index is 12.5. The van der Waals surface area contributed by atoms with Crippen molar-refractivity contribution in [2.24, 2.45) is 0 Å². The predicted molar refractivity (Wildman–Crippen MR) is 110 cm³/mol. The average molecular weight is 379 g/mol. The second-order valence-corrected chi connectivity index (χ2v) is 6.51. The van der Waals surface area contributed by atoms with E-state index in [4.69, 9.17) is 14.2 Å². The lowest BCUT2D eigenvalue weighted by atomic mass is 9.97. The van der Waals surface area contributed by atoms with Crippen LogP contribution in [0.4, 0.5) is 0 Å². The van der Waals surface area contributed by atoms with E-state index in [1.54, 1.807) is 14.2 Å². The van der Waals surface area contributed by atoms with Crippen LogP contribution in [0.2, 0.25) is 0 Å². The fourth-order valence-corrected chi connectivity index (χ4v) is 2.96. The van der Waals surface area contributed by atoms with Gasteiger partial charge in [0, 0.05) is 0 Å². The SMILES string of the molecule is COc1ccc(OCCNC(=O)[C@@H](C)c2ccc3cc(OC)ccc3c2)cc1. The van der Waals surface area contributed by atoms with Gasteiger partial charge >= 0.3 is 0 Å². The lowest BCUT2D eigenvalue weighted by Gasteiger charge is -2.14. The van der Waals surface area contributed by atoms with E-state index in [0.29, 0.717) is 13.2 Å². The Morgan fingerprint density at radius 3 is 2.18 bits per heavy atom. The normalized spacial score (nSPS) is 11.7. The van der Waals surface area contributed by atoms with E-state index in [0.717, 1.165) is 33.6 Å². The highest BCUT2D eigenvalue weighted by molar-refractivity contribution is 5.88. The first kappa shape index (κ1) is 19.5. The molecule has 0 saturated heterocycles. The van der Waals surface area contributed by atoms with Gasteiger partial charge in [0.15, 0.2) is 0 Å². The Labute approximate surface area is 165 Å². The molecule has 3 aromatic rings. The van der Waals surface area contributed by atoms with Crippen LogP contribution in [0.5, 0.6) is 17.2 Å². The molecule has 0 spiro atoms. The number of nitrogens with one attached hydrogen (secondary N) is 1. The molecule has 0 unspecified atom stereocenters. The zero-order valence-corrected chi connectivity index (χ0v) is 16.4. The number of carbonyl (C=O) groups excluding carboxylic acids is 1. The zero-order valence-electron chi connectivity index (χ0n) is 16.4. The molecular weight excluding hydrogens is 354 g/mol. The van der Waals surface area contributed by atoms with Gasteiger partial charge in [-0.15, -0.1) is 0 Å². The average Bonchev–Trinajstić information content (AvgIpc) is 2.75. The topological polar surface area (TPSA) is 56.8 Å². The van der Waals surface area contributed by atoms with Crippen molar-refractivity contribution in [3.8, 4) is 17.2 Å². The molecule has 3 aromatic carbocycles. The van der Waals surface area contributed by atoms with Crippen molar-refractivity contribution in [2.45, 2.75) is 12.8 Å². The van der Waals surface area contributed by atoms with Crippen LogP contribution in [0.25, 0.3) is 10.8 Å². The van der Waals surface area contributed by atoms with Crippen LogP contribution in [0.1, 0.15) is 18.4 Å². The number of fused-ring (bicyclic) bond motifs is 1. The second-order valence-electron chi connectivity index (χ2n) is 6.51. The molecule has 0 fully saturated rings. The minimum atomic E-state index is -0.243. The number of rotatable bonds is 8. The smallest absolute Gasteiger partial charge is 0.227 e. The van der Waals surface area contributed by atoms with Crippen molar-refractivity contribution in [1.82, 2.24) is 5.32 Å². The van der Waals surface area contributed by atoms with Crippen molar-refractivity contribution < 1.29 is 19.0 Å². The first-order valence-electron chi connectivity index (χ1n) is 9.23. The van der Waals surface area contributed by atoms with E-state index in [2.05, 4.69) is 5.32 Å². The van der Waals surface area contributed by atoms with Crippen molar-refractivity contribution in [1.29, 1.82) is 0 Å². The van der Waals surface area contributed by atoms with Crippen molar-refractivity contribution in [2.75, 3.05) is 27.4 Å². The van der Waals surface area contributed by atoms with Gasteiger partial charge < -0.3 is 19.5 Å². The first-order valence-corrected chi connectivity index (χ1v) is 9.23. The summed E-state index contributed by atoms with van der Waals surface area (Å²) in [6.07, 6.45) is 0. The summed E-state index contributed by atoms with van der Waals surface area (Å²) in [5, 5.41) is 5.10. The van der Waals surface area contributed by atoms with Crippen LogP contribution in [0.3, 0.4) is 0 Å². The van der Waals surface area contributed by atoms with E-state index in [1.165, 1.54) is 0 Å². The summed E-state index contributed by atoms with van der Waals surface area (Å²) in [5.41, 5.74) is 0.978. The van der Waals surface area contributed by atoms with Gasteiger partial charge in [-0.2, -0.15) is 0 Å². The standard InChI is InChI=1S/C23H25NO4/c1-16(17-4-5-19-15-22(27-3)7-6-18(19)14-17)23(25)24-12-13-28-21-10-8-20(26-2)9-11-21/h4-11,14-16H,12-13H2,1-3H3,(H,24,25)/t16-/m0/s1. The quantitative estimate of drug-likeness (QED) is 0.597. The highest BCUT2D eigenvalue weighted by atomic mass is 16.5. The number of amides is 1. The minimum Gasteiger partial charge on any atom is -0.497 e. The number of benzene rings is 3. The third-order valence-corrected chi connectivity index (χ3v) is 4.69. The van der Waals surface area contributed by atoms with Crippen LogP contribution in [-0.2, 0) is 4.79 Å². The fourth-order valence-electron chi connectivity index (χ4n) is 2.96. The highest BCUT2D eigenvalue weighted by Crippen LogP contribution is 2.25. The van der Waals surface area contributed by atoms with Gasteiger partial charge in [-0.1, -0.05) is 24.3 Å². The Morgan fingerprint density at radius 2 is 1.46 bits per heavy atom. The largest absolute Gasteiger partial charge is 0.497 e.